The van der Waals surface area contributed by atoms with Crippen LogP contribution in [0.4, 0.5) is 0 Å². The molecule has 0 saturated heterocycles. The summed E-state index contributed by atoms with van der Waals surface area (Å²) in [6.45, 7) is 2.38. The number of likely N-dealkylation sites (N-methyl/N-ethyl adjacent to an activating group) is 1. The zero-order valence-electron chi connectivity index (χ0n) is 13.2. The van der Waals surface area contributed by atoms with Crippen LogP contribution in [-0.4, -0.2) is 47.6 Å². The first kappa shape index (κ1) is 16.3. The maximum Gasteiger partial charge on any atom is 0.250 e. The highest BCUT2D eigenvalue weighted by Gasteiger charge is 2.32. The van der Waals surface area contributed by atoms with Gasteiger partial charge >= 0.3 is 0 Å². The van der Waals surface area contributed by atoms with Crippen LogP contribution in [0.1, 0.15) is 51.9 Å². The van der Waals surface area contributed by atoms with Gasteiger partial charge in [-0.3, -0.25) is 9.59 Å². The summed E-state index contributed by atoms with van der Waals surface area (Å²) in [7, 11) is 1.69. The van der Waals surface area contributed by atoms with E-state index >= 15 is 0 Å². The number of aliphatic hydroxyl groups is 1. The molecule has 0 bridgehead atoms. The number of rotatable bonds is 6. The van der Waals surface area contributed by atoms with Crippen molar-refractivity contribution in [3.63, 3.8) is 0 Å². The second-order valence-electron chi connectivity index (χ2n) is 6.66. The predicted molar refractivity (Wildman–Crippen MR) is 80.5 cm³/mol. The maximum absolute atomic E-state index is 12.4. The highest BCUT2D eigenvalue weighted by molar-refractivity contribution is 5.83. The van der Waals surface area contributed by atoms with Gasteiger partial charge in [0.15, 0.2) is 6.10 Å². The van der Waals surface area contributed by atoms with Gasteiger partial charge < -0.3 is 15.3 Å². The van der Waals surface area contributed by atoms with Gasteiger partial charge in [-0.2, -0.15) is 0 Å². The molecule has 0 aromatic rings. The standard InChI is InChI=1S/C16H28N2O3/c1-11(14(19)15(20)17-10-12-8-9-12)18(2)16(21)13-6-4-3-5-7-13/h11-14,19H,3-10H2,1-2H3,(H,17,20). The fraction of sp³-hybridized carbons (Fsp3) is 0.875. The Balaban J connectivity index is 1.82. The Morgan fingerprint density at radius 2 is 1.81 bits per heavy atom. The van der Waals surface area contributed by atoms with Crippen LogP contribution in [0.15, 0.2) is 0 Å². The molecule has 5 heteroatoms. The van der Waals surface area contributed by atoms with Crippen LogP contribution in [0.3, 0.4) is 0 Å². The maximum atomic E-state index is 12.4. The molecule has 2 rings (SSSR count). The Morgan fingerprint density at radius 1 is 1.19 bits per heavy atom. The van der Waals surface area contributed by atoms with Crippen molar-refractivity contribution in [2.75, 3.05) is 13.6 Å². The van der Waals surface area contributed by atoms with Crippen molar-refractivity contribution in [3.05, 3.63) is 0 Å². The first-order valence-electron chi connectivity index (χ1n) is 8.23. The van der Waals surface area contributed by atoms with E-state index in [1.54, 1.807) is 18.9 Å². The predicted octanol–water partition coefficient (Wildman–Crippen LogP) is 1.30. The third-order valence-corrected chi connectivity index (χ3v) is 4.90. The van der Waals surface area contributed by atoms with E-state index in [4.69, 9.17) is 0 Å². The van der Waals surface area contributed by atoms with Gasteiger partial charge in [0, 0.05) is 19.5 Å². The third kappa shape index (κ3) is 4.43. The first-order chi connectivity index (χ1) is 10.0. The molecule has 0 aromatic heterocycles. The quantitative estimate of drug-likeness (QED) is 0.776. The summed E-state index contributed by atoms with van der Waals surface area (Å²) in [4.78, 5) is 25.9. The molecule has 2 unspecified atom stereocenters. The molecule has 2 amide bonds. The summed E-state index contributed by atoms with van der Waals surface area (Å²) in [6.07, 6.45) is 6.43. The topological polar surface area (TPSA) is 69.6 Å². The number of hydrogen-bond donors (Lipinski definition) is 2. The number of aliphatic hydroxyl groups excluding tert-OH is 1. The smallest absolute Gasteiger partial charge is 0.250 e. The average Bonchev–Trinajstić information content (AvgIpc) is 3.34. The lowest BCUT2D eigenvalue weighted by Gasteiger charge is -2.32. The number of amides is 2. The van der Waals surface area contributed by atoms with Gasteiger partial charge in [0.05, 0.1) is 6.04 Å². The number of nitrogens with zero attached hydrogens (tertiary/aromatic N) is 1. The van der Waals surface area contributed by atoms with Gasteiger partial charge in [-0.05, 0) is 38.5 Å². The van der Waals surface area contributed by atoms with E-state index in [2.05, 4.69) is 5.32 Å². The molecular formula is C16H28N2O3. The van der Waals surface area contributed by atoms with Crippen molar-refractivity contribution in [1.29, 1.82) is 0 Å². The Morgan fingerprint density at radius 3 is 2.38 bits per heavy atom. The minimum Gasteiger partial charge on any atom is -0.381 e. The zero-order chi connectivity index (χ0) is 15.4. The lowest BCUT2D eigenvalue weighted by atomic mass is 9.88. The second kappa shape index (κ2) is 7.25. The van der Waals surface area contributed by atoms with E-state index in [0.29, 0.717) is 12.5 Å². The van der Waals surface area contributed by atoms with Gasteiger partial charge in [0.25, 0.3) is 5.91 Å². The third-order valence-electron chi connectivity index (χ3n) is 4.90. The van der Waals surface area contributed by atoms with E-state index in [0.717, 1.165) is 38.5 Å². The molecule has 0 spiro atoms. The summed E-state index contributed by atoms with van der Waals surface area (Å²) >= 11 is 0. The van der Waals surface area contributed by atoms with E-state index in [1.165, 1.54) is 6.42 Å². The van der Waals surface area contributed by atoms with Crippen molar-refractivity contribution >= 4 is 11.8 Å². The van der Waals surface area contributed by atoms with E-state index in [-0.39, 0.29) is 17.7 Å². The van der Waals surface area contributed by atoms with Crippen molar-refractivity contribution in [2.24, 2.45) is 11.8 Å². The monoisotopic (exact) mass is 296 g/mol. The molecular weight excluding hydrogens is 268 g/mol. The molecule has 0 aliphatic heterocycles. The van der Waals surface area contributed by atoms with Crippen LogP contribution in [0.5, 0.6) is 0 Å². The molecule has 5 nitrogen and oxygen atoms in total. The van der Waals surface area contributed by atoms with Crippen molar-refractivity contribution in [2.45, 2.75) is 64.0 Å². The zero-order valence-corrected chi connectivity index (χ0v) is 13.2. The van der Waals surface area contributed by atoms with E-state index in [1.807, 2.05) is 0 Å². The average molecular weight is 296 g/mol. The van der Waals surface area contributed by atoms with Crippen LogP contribution < -0.4 is 5.32 Å². The fourth-order valence-electron chi connectivity index (χ4n) is 2.94. The number of carbonyl (C=O) groups excluding carboxylic acids is 2. The van der Waals surface area contributed by atoms with Crippen molar-refractivity contribution in [1.82, 2.24) is 10.2 Å². The highest BCUT2D eigenvalue weighted by Crippen LogP contribution is 2.28. The van der Waals surface area contributed by atoms with Crippen molar-refractivity contribution in [3.8, 4) is 0 Å². The van der Waals surface area contributed by atoms with Gasteiger partial charge in [-0.1, -0.05) is 19.3 Å². The van der Waals surface area contributed by atoms with Crippen LogP contribution in [-0.2, 0) is 9.59 Å². The lowest BCUT2D eigenvalue weighted by molar-refractivity contribution is -0.143. The normalized spacial score (nSPS) is 22.4. The van der Waals surface area contributed by atoms with Gasteiger partial charge in [-0.25, -0.2) is 0 Å². The molecule has 21 heavy (non-hydrogen) atoms. The molecule has 2 aliphatic rings. The van der Waals surface area contributed by atoms with Gasteiger partial charge in [0.2, 0.25) is 5.91 Å². The molecule has 0 heterocycles. The summed E-state index contributed by atoms with van der Waals surface area (Å²) in [6, 6.07) is -0.487. The van der Waals surface area contributed by atoms with Crippen molar-refractivity contribution < 1.29 is 14.7 Å². The summed E-state index contributed by atoms with van der Waals surface area (Å²) in [5.74, 6) is 0.347. The van der Waals surface area contributed by atoms with E-state index in [9.17, 15) is 14.7 Å². The van der Waals surface area contributed by atoms with Gasteiger partial charge in [-0.15, -0.1) is 0 Å². The Bertz CT molecular complexity index is 376. The molecule has 0 aromatic carbocycles. The largest absolute Gasteiger partial charge is 0.381 e. The first-order valence-corrected chi connectivity index (χ1v) is 8.23. The van der Waals surface area contributed by atoms with Gasteiger partial charge in [0.1, 0.15) is 0 Å². The molecule has 120 valence electrons. The fourth-order valence-corrected chi connectivity index (χ4v) is 2.94. The summed E-state index contributed by atoms with van der Waals surface area (Å²) in [5, 5.41) is 12.9. The number of nitrogens with one attached hydrogen (secondary N) is 1. The van der Waals surface area contributed by atoms with Crippen LogP contribution in [0, 0.1) is 11.8 Å². The lowest BCUT2D eigenvalue weighted by Crippen LogP contribution is -2.51. The summed E-state index contributed by atoms with van der Waals surface area (Å²) < 4.78 is 0. The minimum atomic E-state index is -1.15. The Kier molecular flexibility index (Phi) is 5.62. The van der Waals surface area contributed by atoms with Crippen LogP contribution in [0.2, 0.25) is 0 Å². The van der Waals surface area contributed by atoms with E-state index < -0.39 is 12.1 Å². The van der Waals surface area contributed by atoms with Crippen LogP contribution in [0.25, 0.3) is 0 Å². The van der Waals surface area contributed by atoms with Crippen LogP contribution >= 0.6 is 0 Å². The minimum absolute atomic E-state index is 0.0629. The molecule has 0 radical (unpaired) electrons. The molecule has 2 aliphatic carbocycles. The number of carbonyl (C=O) groups is 2. The molecule has 2 N–H and O–H groups in total. The Labute approximate surface area is 127 Å². The molecule has 2 fully saturated rings. The Hall–Kier alpha value is -1.10. The number of hydrogen-bond acceptors (Lipinski definition) is 3. The summed E-state index contributed by atoms with van der Waals surface area (Å²) in [5.41, 5.74) is 0. The molecule has 2 atom stereocenters. The second-order valence-corrected chi connectivity index (χ2v) is 6.66. The molecule has 2 saturated carbocycles. The SMILES string of the molecule is CC(C(O)C(=O)NCC1CC1)N(C)C(=O)C1CCCCC1. The highest BCUT2D eigenvalue weighted by atomic mass is 16.3.